The smallest absolute Gasteiger partial charge is 0.336 e. The van der Waals surface area contributed by atoms with Crippen LogP contribution in [0.25, 0.3) is 0 Å². The van der Waals surface area contributed by atoms with Gasteiger partial charge in [-0.05, 0) is 11.8 Å². The molecule has 0 amide bonds. The van der Waals surface area contributed by atoms with Gasteiger partial charge in [0.15, 0.2) is 0 Å². The first-order valence-corrected chi connectivity index (χ1v) is 4.06. The predicted octanol–water partition coefficient (Wildman–Crippen LogP) is 0.732. The highest BCUT2D eigenvalue weighted by molar-refractivity contribution is 5.90. The predicted molar refractivity (Wildman–Crippen MR) is 44.4 cm³/mol. The fraction of sp³-hybridized carbons (Fsp3) is 0.667. The molecule has 0 aromatic carbocycles. The van der Waals surface area contributed by atoms with Crippen molar-refractivity contribution in [2.45, 2.75) is 20.0 Å². The van der Waals surface area contributed by atoms with Gasteiger partial charge in [0.25, 0.3) is 0 Å². The van der Waals surface area contributed by atoms with Crippen LogP contribution in [0.15, 0.2) is 11.6 Å². The van der Waals surface area contributed by atoms with Crippen molar-refractivity contribution in [3.63, 3.8) is 0 Å². The van der Waals surface area contributed by atoms with Crippen LogP contribution < -0.4 is 0 Å². The number of ether oxygens (including phenoxy) is 1. The lowest BCUT2D eigenvalue weighted by Gasteiger charge is -2.14. The zero-order valence-corrected chi connectivity index (χ0v) is 7.57. The minimum absolute atomic E-state index is 0.110. The lowest BCUT2D eigenvalue weighted by Crippen LogP contribution is -2.22. The van der Waals surface area contributed by atoms with Crippen LogP contribution in [0.5, 0.6) is 0 Å². The molecule has 12 heavy (non-hydrogen) atoms. The third-order valence-electron chi connectivity index (χ3n) is 2.51. The van der Waals surface area contributed by atoms with Crippen LogP contribution in [0.3, 0.4) is 0 Å². The Hall–Kier alpha value is -0.830. The summed E-state index contributed by atoms with van der Waals surface area (Å²) in [7, 11) is 1.32. The second-order valence-corrected chi connectivity index (χ2v) is 3.28. The van der Waals surface area contributed by atoms with Gasteiger partial charge in [-0.25, -0.2) is 4.79 Å². The molecule has 0 aromatic heterocycles. The van der Waals surface area contributed by atoms with E-state index in [1.54, 1.807) is 6.08 Å². The molecular weight excluding hydrogens is 156 g/mol. The number of methoxy groups -OCH3 is 1. The number of hydrogen-bond acceptors (Lipinski definition) is 3. The average molecular weight is 170 g/mol. The molecule has 1 rings (SSSR count). The Kier molecular flexibility index (Phi) is 2.52. The molecule has 0 bridgehead atoms. The van der Waals surface area contributed by atoms with E-state index in [2.05, 4.69) is 4.74 Å². The molecule has 1 N–H and O–H groups in total. The molecular formula is C9H14O3. The van der Waals surface area contributed by atoms with Gasteiger partial charge in [0.2, 0.25) is 0 Å². The summed E-state index contributed by atoms with van der Waals surface area (Å²) < 4.78 is 4.53. The molecule has 0 aromatic rings. The molecule has 3 unspecified atom stereocenters. The van der Waals surface area contributed by atoms with Gasteiger partial charge in [-0.1, -0.05) is 19.9 Å². The summed E-state index contributed by atoms with van der Waals surface area (Å²) in [6.07, 6.45) is 1.12. The van der Waals surface area contributed by atoms with Gasteiger partial charge in [-0.15, -0.1) is 0 Å². The third-order valence-corrected chi connectivity index (χ3v) is 2.51. The fourth-order valence-corrected chi connectivity index (χ4v) is 1.41. The lowest BCUT2D eigenvalue weighted by atomic mass is 9.97. The van der Waals surface area contributed by atoms with E-state index in [0.29, 0.717) is 5.57 Å². The number of carbonyl (C=O) groups is 1. The van der Waals surface area contributed by atoms with Crippen LogP contribution in [0.1, 0.15) is 13.8 Å². The molecule has 0 saturated carbocycles. The molecule has 1 aliphatic carbocycles. The maximum absolute atomic E-state index is 11.1. The van der Waals surface area contributed by atoms with Gasteiger partial charge in [-0.3, -0.25) is 0 Å². The van der Waals surface area contributed by atoms with Crippen LogP contribution in [0, 0.1) is 11.8 Å². The van der Waals surface area contributed by atoms with E-state index in [-0.39, 0.29) is 11.8 Å². The summed E-state index contributed by atoms with van der Waals surface area (Å²) in [6.45, 7) is 3.89. The van der Waals surface area contributed by atoms with Crippen LogP contribution in [-0.2, 0) is 9.53 Å². The molecule has 0 radical (unpaired) electrons. The summed E-state index contributed by atoms with van der Waals surface area (Å²) in [5.74, 6) is -0.0631. The molecule has 1 aliphatic rings. The van der Waals surface area contributed by atoms with Crippen molar-refractivity contribution in [1.29, 1.82) is 0 Å². The second-order valence-electron chi connectivity index (χ2n) is 3.28. The van der Waals surface area contributed by atoms with E-state index in [1.165, 1.54) is 7.11 Å². The van der Waals surface area contributed by atoms with Gasteiger partial charge in [0, 0.05) is 0 Å². The number of carbonyl (C=O) groups excluding carboxylic acids is 1. The van der Waals surface area contributed by atoms with E-state index < -0.39 is 12.1 Å². The summed E-state index contributed by atoms with van der Waals surface area (Å²) in [6, 6.07) is 0. The van der Waals surface area contributed by atoms with E-state index in [0.717, 1.165) is 0 Å². The summed E-state index contributed by atoms with van der Waals surface area (Å²) in [5, 5.41) is 9.56. The molecule has 3 atom stereocenters. The van der Waals surface area contributed by atoms with Crippen molar-refractivity contribution in [2.75, 3.05) is 7.11 Å². The lowest BCUT2D eigenvalue weighted by molar-refractivity contribution is -0.137. The van der Waals surface area contributed by atoms with Gasteiger partial charge in [-0.2, -0.15) is 0 Å². The van der Waals surface area contributed by atoms with E-state index in [1.807, 2.05) is 13.8 Å². The summed E-state index contributed by atoms with van der Waals surface area (Å²) in [5.41, 5.74) is 0.400. The number of hydrogen-bond donors (Lipinski definition) is 1. The zero-order valence-electron chi connectivity index (χ0n) is 7.57. The van der Waals surface area contributed by atoms with E-state index >= 15 is 0 Å². The van der Waals surface area contributed by atoms with Gasteiger partial charge in [0.1, 0.15) is 0 Å². The fourth-order valence-electron chi connectivity index (χ4n) is 1.41. The highest BCUT2D eigenvalue weighted by Gasteiger charge is 2.33. The molecule has 0 spiro atoms. The summed E-state index contributed by atoms with van der Waals surface area (Å²) in [4.78, 5) is 11.1. The van der Waals surface area contributed by atoms with Gasteiger partial charge < -0.3 is 9.84 Å². The molecule has 3 heteroatoms. The van der Waals surface area contributed by atoms with Crippen LogP contribution in [-0.4, -0.2) is 24.3 Å². The van der Waals surface area contributed by atoms with Gasteiger partial charge >= 0.3 is 5.97 Å². The van der Waals surface area contributed by atoms with Crippen LogP contribution in [0.4, 0.5) is 0 Å². The number of aliphatic hydroxyl groups excluding tert-OH is 1. The normalized spacial score (nSPS) is 34.7. The Bertz CT molecular complexity index is 220. The molecule has 0 fully saturated rings. The summed E-state index contributed by atoms with van der Waals surface area (Å²) >= 11 is 0. The highest BCUT2D eigenvalue weighted by Crippen LogP contribution is 2.30. The first-order chi connectivity index (χ1) is 5.57. The minimum atomic E-state index is -0.660. The van der Waals surface area contributed by atoms with Crippen LogP contribution in [0.2, 0.25) is 0 Å². The molecule has 68 valence electrons. The monoisotopic (exact) mass is 170 g/mol. The standard InChI is InChI=1S/C9H14O3/c1-5-4-7(9(11)12-3)8(10)6(5)2/h4-6,8,10H,1-3H3. The molecule has 0 heterocycles. The van der Waals surface area contributed by atoms with Crippen molar-refractivity contribution in [1.82, 2.24) is 0 Å². The third kappa shape index (κ3) is 1.37. The topological polar surface area (TPSA) is 46.5 Å². The molecule has 0 aliphatic heterocycles. The number of aliphatic hydroxyl groups is 1. The molecule has 0 saturated heterocycles. The minimum Gasteiger partial charge on any atom is -0.466 e. The van der Waals surface area contributed by atoms with Crippen LogP contribution >= 0.6 is 0 Å². The average Bonchev–Trinajstić information content (AvgIpc) is 2.32. The Morgan fingerprint density at radius 1 is 1.58 bits per heavy atom. The Morgan fingerprint density at radius 2 is 2.17 bits per heavy atom. The first kappa shape index (κ1) is 9.26. The van der Waals surface area contributed by atoms with Crippen molar-refractivity contribution >= 4 is 5.97 Å². The van der Waals surface area contributed by atoms with Crippen molar-refractivity contribution in [3.05, 3.63) is 11.6 Å². The quantitative estimate of drug-likeness (QED) is 0.590. The van der Waals surface area contributed by atoms with E-state index in [4.69, 9.17) is 0 Å². The first-order valence-electron chi connectivity index (χ1n) is 4.06. The van der Waals surface area contributed by atoms with E-state index in [9.17, 15) is 9.90 Å². The molecule has 3 nitrogen and oxygen atoms in total. The zero-order chi connectivity index (χ0) is 9.30. The number of esters is 1. The largest absolute Gasteiger partial charge is 0.466 e. The van der Waals surface area contributed by atoms with Crippen molar-refractivity contribution < 1.29 is 14.6 Å². The Morgan fingerprint density at radius 3 is 2.50 bits per heavy atom. The van der Waals surface area contributed by atoms with Gasteiger partial charge in [0.05, 0.1) is 18.8 Å². The highest BCUT2D eigenvalue weighted by atomic mass is 16.5. The maximum atomic E-state index is 11.1. The number of allylic oxidation sites excluding steroid dienone is 1. The SMILES string of the molecule is COC(=O)C1=CC(C)C(C)C1O. The Labute approximate surface area is 72.0 Å². The van der Waals surface area contributed by atoms with Crippen molar-refractivity contribution in [2.24, 2.45) is 11.8 Å². The maximum Gasteiger partial charge on any atom is 0.336 e. The Balaban J connectivity index is 2.79. The number of rotatable bonds is 1. The van der Waals surface area contributed by atoms with Crippen molar-refractivity contribution in [3.8, 4) is 0 Å². The second kappa shape index (κ2) is 3.27.